The Morgan fingerprint density at radius 1 is 0.980 bits per heavy atom. The van der Waals surface area contributed by atoms with Crippen molar-refractivity contribution in [3.8, 4) is 11.3 Å². The molecule has 0 fully saturated rings. The van der Waals surface area contributed by atoms with E-state index in [0.717, 1.165) is 32.4 Å². The van der Waals surface area contributed by atoms with Gasteiger partial charge in [0.25, 0.3) is 0 Å². The lowest BCUT2D eigenvalue weighted by molar-refractivity contribution is -0.115. The van der Waals surface area contributed by atoms with E-state index in [9.17, 15) is 9.18 Å². The highest BCUT2D eigenvalue weighted by atomic mass is 35.5. The number of ether oxygens (including phenoxy) is 1. The van der Waals surface area contributed by atoms with Gasteiger partial charge in [-0.15, -0.1) is 11.8 Å². The molecule has 1 amide bonds. The van der Waals surface area contributed by atoms with E-state index in [2.05, 4.69) is 78.9 Å². The van der Waals surface area contributed by atoms with Crippen molar-refractivity contribution >= 4 is 58.7 Å². The van der Waals surface area contributed by atoms with E-state index in [-0.39, 0.29) is 22.9 Å². The standard InChI is InChI=1S/C21H22ClFN6OS.C7H16OS.C4H10.3C2H6/c1-2-3-7-24-12-20(30)27-19-10-14(6-8-25-19)26-18-11-17(28-29-21(18)31)15-9-13(22)4-5-16(15)23;1-5-6-8-7(2,3)9-4;1-3-4-2;3*1-2/h4-6,8-11,24H,2-3,7,12H2,1H3,(H,29,31)(H2,25,26,27,28,30);5-6H2,1-4H3;3-4H2,1-2H3;3*1-2H3. The second kappa shape index (κ2) is 33.6. The van der Waals surface area contributed by atoms with Crippen LogP contribution in [0.4, 0.5) is 21.6 Å². The molecule has 0 spiro atoms. The number of anilines is 3. The number of amides is 1. The molecule has 1 aromatic carbocycles. The Labute approximate surface area is 317 Å². The topological polar surface area (TPSA) is 104 Å². The summed E-state index contributed by atoms with van der Waals surface area (Å²) < 4.78 is 20.0. The molecule has 2 heterocycles. The zero-order valence-electron chi connectivity index (χ0n) is 33.0. The van der Waals surface area contributed by atoms with Crippen molar-refractivity contribution in [2.45, 2.75) is 120 Å². The highest BCUT2D eigenvalue weighted by Crippen LogP contribution is 2.28. The van der Waals surface area contributed by atoms with Gasteiger partial charge in [0.05, 0.1) is 17.9 Å². The first-order valence-electron chi connectivity index (χ1n) is 18.0. The molecule has 0 saturated heterocycles. The van der Waals surface area contributed by atoms with Crippen LogP contribution in [0.1, 0.15) is 115 Å². The van der Waals surface area contributed by atoms with Crippen LogP contribution in [0.2, 0.25) is 5.02 Å². The van der Waals surface area contributed by atoms with Crippen LogP contribution in [0, 0.1) is 10.5 Å². The van der Waals surface area contributed by atoms with Gasteiger partial charge < -0.3 is 20.7 Å². The summed E-state index contributed by atoms with van der Waals surface area (Å²) in [7, 11) is 0. The Balaban J connectivity index is -0.000000968. The van der Waals surface area contributed by atoms with Gasteiger partial charge in [0, 0.05) is 35.1 Å². The van der Waals surface area contributed by atoms with Crippen molar-refractivity contribution in [3.63, 3.8) is 0 Å². The van der Waals surface area contributed by atoms with Gasteiger partial charge in [-0.05, 0) is 69.8 Å². The number of pyridine rings is 1. The lowest BCUT2D eigenvalue weighted by Crippen LogP contribution is -2.29. The third-order valence-corrected chi connectivity index (χ3v) is 7.60. The van der Waals surface area contributed by atoms with E-state index in [4.69, 9.17) is 28.6 Å². The van der Waals surface area contributed by atoms with Crippen molar-refractivity contribution in [2.75, 3.05) is 36.6 Å². The number of carbonyl (C=O) groups excluding carboxylic acids is 1. The second-order valence-electron chi connectivity index (χ2n) is 10.2. The zero-order chi connectivity index (χ0) is 39.0. The highest BCUT2D eigenvalue weighted by molar-refractivity contribution is 7.99. The SMILES string of the molecule is CC.CC.CC.CCCC.CCCCNCC(=O)Nc1cc(Nc2cc(-c3cc(Cl)ccc3F)n[nH]c2=S)ccn1.CCCOC(C)(C)SC. The number of benzene rings is 1. The normalized spacial score (nSPS) is 9.74. The minimum Gasteiger partial charge on any atom is -0.365 e. The van der Waals surface area contributed by atoms with Gasteiger partial charge in [-0.3, -0.25) is 9.89 Å². The van der Waals surface area contributed by atoms with E-state index < -0.39 is 5.82 Å². The largest absolute Gasteiger partial charge is 0.365 e. The van der Waals surface area contributed by atoms with E-state index in [1.165, 1.54) is 31.0 Å². The number of hydrogen-bond acceptors (Lipinski definition) is 8. The Hall–Kier alpha value is -2.57. The monoisotopic (exact) mass is 756 g/mol. The van der Waals surface area contributed by atoms with E-state index in [1.54, 1.807) is 36.2 Å². The molecule has 286 valence electrons. The number of aromatic nitrogens is 3. The molecule has 0 aliphatic rings. The van der Waals surface area contributed by atoms with Crippen LogP contribution >= 0.6 is 35.6 Å². The number of halogens is 2. The van der Waals surface area contributed by atoms with Crippen LogP contribution in [0.25, 0.3) is 11.3 Å². The van der Waals surface area contributed by atoms with Crippen molar-refractivity contribution < 1.29 is 13.9 Å². The molecule has 4 N–H and O–H groups in total. The number of H-pyrrole nitrogens is 1. The summed E-state index contributed by atoms with van der Waals surface area (Å²) >= 11 is 13.0. The average molecular weight is 758 g/mol. The van der Waals surface area contributed by atoms with Crippen molar-refractivity contribution in [1.82, 2.24) is 20.5 Å². The molecule has 3 rings (SSSR count). The molecular formula is C38H66ClFN6O2S2. The number of carbonyl (C=O) groups is 1. The molecule has 0 aliphatic heterocycles. The minimum atomic E-state index is -0.449. The van der Waals surface area contributed by atoms with E-state index in [1.807, 2.05) is 41.5 Å². The van der Waals surface area contributed by atoms with Crippen LogP contribution in [-0.4, -0.2) is 52.0 Å². The third-order valence-electron chi connectivity index (χ3n) is 5.95. The summed E-state index contributed by atoms with van der Waals surface area (Å²) in [6.07, 6.45) is 9.44. The summed E-state index contributed by atoms with van der Waals surface area (Å²) in [6, 6.07) is 9.28. The summed E-state index contributed by atoms with van der Waals surface area (Å²) in [5.74, 6) is -0.229. The second-order valence-corrected chi connectivity index (χ2v) is 12.4. The number of hydrogen-bond donors (Lipinski definition) is 4. The Morgan fingerprint density at radius 2 is 1.62 bits per heavy atom. The smallest absolute Gasteiger partial charge is 0.239 e. The molecule has 50 heavy (non-hydrogen) atoms. The van der Waals surface area contributed by atoms with Gasteiger partial charge in [0.1, 0.15) is 21.2 Å². The lowest BCUT2D eigenvalue weighted by Gasteiger charge is -2.21. The van der Waals surface area contributed by atoms with E-state index in [0.29, 0.717) is 32.5 Å². The number of nitrogens with one attached hydrogen (secondary N) is 4. The number of thioether (sulfide) groups is 1. The summed E-state index contributed by atoms with van der Waals surface area (Å²) in [6.45, 7) is 26.6. The summed E-state index contributed by atoms with van der Waals surface area (Å²) in [5.41, 5.74) is 1.76. The van der Waals surface area contributed by atoms with Crippen LogP contribution < -0.4 is 16.0 Å². The Morgan fingerprint density at radius 3 is 2.18 bits per heavy atom. The summed E-state index contributed by atoms with van der Waals surface area (Å²) in [4.78, 5) is 16.2. The van der Waals surface area contributed by atoms with Crippen molar-refractivity contribution in [1.29, 1.82) is 0 Å². The predicted molar refractivity (Wildman–Crippen MR) is 222 cm³/mol. The maximum absolute atomic E-state index is 14.2. The highest BCUT2D eigenvalue weighted by Gasteiger charge is 2.14. The Bertz CT molecular complexity index is 1330. The maximum atomic E-state index is 14.2. The molecule has 2 aromatic heterocycles. The first kappa shape index (κ1) is 51.8. The minimum absolute atomic E-state index is 0.00993. The molecule has 12 heteroatoms. The lowest BCUT2D eigenvalue weighted by atomic mass is 10.1. The first-order valence-corrected chi connectivity index (χ1v) is 20.0. The number of aromatic amines is 1. The molecule has 0 radical (unpaired) electrons. The zero-order valence-corrected chi connectivity index (χ0v) is 35.4. The Kier molecular flexibility index (Phi) is 34.8. The molecule has 0 unspecified atom stereocenters. The fourth-order valence-electron chi connectivity index (χ4n) is 3.16. The number of nitrogens with zero attached hydrogens (tertiary/aromatic N) is 2. The van der Waals surface area contributed by atoms with Crippen molar-refractivity contribution in [3.05, 3.63) is 58.1 Å². The van der Waals surface area contributed by atoms with Crippen LogP contribution in [0.3, 0.4) is 0 Å². The molecule has 8 nitrogen and oxygen atoms in total. The predicted octanol–water partition coefficient (Wildman–Crippen LogP) is 12.5. The number of unbranched alkanes of at least 4 members (excludes halogenated alkanes) is 2. The fraction of sp³-hybridized carbons (Fsp3) is 0.579. The molecule has 0 aliphatic carbocycles. The molecule has 0 saturated carbocycles. The molecular weight excluding hydrogens is 691 g/mol. The first-order chi connectivity index (χ1) is 24.0. The quantitative estimate of drug-likeness (QED) is 0.0732. The van der Waals surface area contributed by atoms with E-state index >= 15 is 0 Å². The van der Waals surface area contributed by atoms with Gasteiger partial charge >= 0.3 is 0 Å². The van der Waals surface area contributed by atoms with Crippen LogP contribution in [-0.2, 0) is 9.53 Å². The average Bonchev–Trinajstić information content (AvgIpc) is 3.14. The van der Waals surface area contributed by atoms with Gasteiger partial charge in [-0.25, -0.2) is 9.37 Å². The third kappa shape index (κ3) is 24.6. The van der Waals surface area contributed by atoms with Crippen molar-refractivity contribution in [2.24, 2.45) is 0 Å². The molecule has 0 bridgehead atoms. The van der Waals surface area contributed by atoms with Gasteiger partial charge in [-0.1, -0.05) is 112 Å². The molecule has 3 aromatic rings. The fourth-order valence-corrected chi connectivity index (χ4v) is 3.69. The van der Waals surface area contributed by atoms with Crippen LogP contribution in [0.15, 0.2) is 42.6 Å². The summed E-state index contributed by atoms with van der Waals surface area (Å²) in [5, 5.41) is 16.2. The van der Waals surface area contributed by atoms with Crippen LogP contribution in [0.5, 0.6) is 0 Å². The van der Waals surface area contributed by atoms with Gasteiger partial charge in [0.2, 0.25) is 5.91 Å². The van der Waals surface area contributed by atoms with Gasteiger partial charge in [0.15, 0.2) is 0 Å². The van der Waals surface area contributed by atoms with Gasteiger partial charge in [-0.2, -0.15) is 5.10 Å². The number of rotatable bonds is 14. The molecule has 0 atom stereocenters. The maximum Gasteiger partial charge on any atom is 0.239 e.